The van der Waals surface area contributed by atoms with Crippen molar-refractivity contribution in [3.05, 3.63) is 36.2 Å². The van der Waals surface area contributed by atoms with E-state index in [1.54, 1.807) is 18.5 Å². The summed E-state index contributed by atoms with van der Waals surface area (Å²) in [5.74, 6) is 0.124. The zero-order valence-electron chi connectivity index (χ0n) is 10.2. The van der Waals surface area contributed by atoms with Gasteiger partial charge in [-0.05, 0) is 23.8 Å². The van der Waals surface area contributed by atoms with Gasteiger partial charge in [0.1, 0.15) is 5.78 Å². The summed E-state index contributed by atoms with van der Waals surface area (Å²) in [6.45, 7) is 3.69. The van der Waals surface area contributed by atoms with Gasteiger partial charge in [-0.3, -0.25) is 14.6 Å². The van der Waals surface area contributed by atoms with Crippen molar-refractivity contribution < 1.29 is 9.59 Å². The van der Waals surface area contributed by atoms with E-state index in [1.807, 2.05) is 26.0 Å². The lowest BCUT2D eigenvalue weighted by Gasteiger charge is -2.01. The maximum absolute atomic E-state index is 11.5. The number of aromatic nitrogens is 1. The molecule has 1 aromatic rings. The second-order valence-corrected chi connectivity index (χ2v) is 4.20. The molecule has 0 saturated carbocycles. The summed E-state index contributed by atoms with van der Waals surface area (Å²) >= 11 is 0. The smallest absolute Gasteiger partial charge is 0.156 e. The molecule has 0 bridgehead atoms. The average molecular weight is 231 g/mol. The lowest BCUT2D eigenvalue weighted by atomic mass is 10.0. The van der Waals surface area contributed by atoms with Crippen molar-refractivity contribution in [3.63, 3.8) is 0 Å². The Labute approximate surface area is 102 Å². The van der Waals surface area contributed by atoms with Crippen molar-refractivity contribution >= 4 is 17.6 Å². The minimum atomic E-state index is -0.0178. The van der Waals surface area contributed by atoms with Gasteiger partial charge < -0.3 is 0 Å². The molecule has 0 aliphatic carbocycles. The number of carbonyl (C=O) groups excluding carboxylic acids is 2. The molecule has 0 aliphatic rings. The molecule has 1 heterocycles. The first-order chi connectivity index (χ1) is 8.09. The van der Waals surface area contributed by atoms with Gasteiger partial charge in [0.05, 0.1) is 0 Å². The zero-order valence-corrected chi connectivity index (χ0v) is 10.2. The van der Waals surface area contributed by atoms with E-state index < -0.39 is 0 Å². The van der Waals surface area contributed by atoms with Crippen LogP contribution in [-0.2, 0) is 9.59 Å². The van der Waals surface area contributed by atoms with Crippen LogP contribution in [0.3, 0.4) is 0 Å². The standard InChI is InChI=1S/C14H17NO2/c1-11(2)14(17)6-5-13(16)4-3-12-7-9-15-10-8-12/h3-4,7-11H,5-6H2,1-2H3/b4-3+. The largest absolute Gasteiger partial charge is 0.299 e. The fourth-order valence-corrected chi connectivity index (χ4v) is 1.28. The number of hydrogen-bond donors (Lipinski definition) is 0. The van der Waals surface area contributed by atoms with Crippen LogP contribution in [0, 0.1) is 5.92 Å². The van der Waals surface area contributed by atoms with Crippen LogP contribution >= 0.6 is 0 Å². The first-order valence-corrected chi connectivity index (χ1v) is 5.73. The molecule has 3 nitrogen and oxygen atoms in total. The monoisotopic (exact) mass is 231 g/mol. The molecule has 0 spiro atoms. The molecule has 90 valence electrons. The first-order valence-electron chi connectivity index (χ1n) is 5.73. The van der Waals surface area contributed by atoms with E-state index >= 15 is 0 Å². The molecule has 0 atom stereocenters. The summed E-state index contributed by atoms with van der Waals surface area (Å²) in [4.78, 5) is 26.7. The van der Waals surface area contributed by atoms with Gasteiger partial charge in [-0.2, -0.15) is 0 Å². The maximum atomic E-state index is 11.5. The van der Waals surface area contributed by atoms with Crippen molar-refractivity contribution in [1.82, 2.24) is 4.98 Å². The van der Waals surface area contributed by atoms with E-state index in [-0.39, 0.29) is 17.5 Å². The Kier molecular flexibility index (Phi) is 5.27. The van der Waals surface area contributed by atoms with Crippen LogP contribution in [0.25, 0.3) is 6.08 Å². The zero-order chi connectivity index (χ0) is 12.7. The van der Waals surface area contributed by atoms with Crippen molar-refractivity contribution in [2.75, 3.05) is 0 Å². The second-order valence-electron chi connectivity index (χ2n) is 4.20. The average Bonchev–Trinajstić information content (AvgIpc) is 2.34. The molecule has 0 fully saturated rings. The quantitative estimate of drug-likeness (QED) is 0.707. The maximum Gasteiger partial charge on any atom is 0.156 e. The molecular weight excluding hydrogens is 214 g/mol. The van der Waals surface area contributed by atoms with Crippen molar-refractivity contribution in [2.24, 2.45) is 5.92 Å². The second kappa shape index (κ2) is 6.74. The summed E-state index contributed by atoms with van der Waals surface area (Å²) in [6.07, 6.45) is 7.22. The number of hydrogen-bond acceptors (Lipinski definition) is 3. The molecule has 0 N–H and O–H groups in total. The number of ketones is 2. The van der Waals surface area contributed by atoms with Crippen LogP contribution in [0.2, 0.25) is 0 Å². The Morgan fingerprint density at radius 1 is 1.24 bits per heavy atom. The summed E-state index contributed by atoms with van der Waals surface area (Å²) < 4.78 is 0. The Balaban J connectivity index is 2.40. The fourth-order valence-electron chi connectivity index (χ4n) is 1.28. The van der Waals surface area contributed by atoms with Gasteiger partial charge in [-0.1, -0.05) is 19.9 Å². The highest BCUT2D eigenvalue weighted by molar-refractivity contribution is 5.96. The third-order valence-corrected chi connectivity index (χ3v) is 2.43. The van der Waals surface area contributed by atoms with Crippen LogP contribution in [0.4, 0.5) is 0 Å². The summed E-state index contributed by atoms with van der Waals surface area (Å²) in [7, 11) is 0. The van der Waals surface area contributed by atoms with Crippen molar-refractivity contribution in [1.29, 1.82) is 0 Å². The van der Waals surface area contributed by atoms with Crippen LogP contribution in [0.1, 0.15) is 32.3 Å². The van der Waals surface area contributed by atoms with E-state index in [9.17, 15) is 9.59 Å². The van der Waals surface area contributed by atoms with Gasteiger partial charge in [0.25, 0.3) is 0 Å². The van der Waals surface area contributed by atoms with Crippen molar-refractivity contribution in [3.8, 4) is 0 Å². The number of rotatable bonds is 6. The molecule has 0 unspecified atom stereocenters. The number of pyridine rings is 1. The Bertz CT molecular complexity index is 407. The molecular formula is C14H17NO2. The third-order valence-electron chi connectivity index (χ3n) is 2.43. The topological polar surface area (TPSA) is 47.0 Å². The minimum Gasteiger partial charge on any atom is -0.299 e. The lowest BCUT2D eigenvalue weighted by Crippen LogP contribution is -2.08. The van der Waals surface area contributed by atoms with E-state index in [0.717, 1.165) is 5.56 Å². The Morgan fingerprint density at radius 3 is 2.47 bits per heavy atom. The molecule has 0 aliphatic heterocycles. The molecule has 0 aromatic carbocycles. The van der Waals surface area contributed by atoms with Crippen LogP contribution in [0.5, 0.6) is 0 Å². The Hall–Kier alpha value is -1.77. The number of carbonyl (C=O) groups is 2. The van der Waals surface area contributed by atoms with Gasteiger partial charge in [-0.25, -0.2) is 0 Å². The van der Waals surface area contributed by atoms with Gasteiger partial charge in [0.2, 0.25) is 0 Å². The number of Topliss-reactive ketones (excluding diaryl/α,β-unsaturated/α-hetero) is 1. The van der Waals surface area contributed by atoms with E-state index in [0.29, 0.717) is 12.8 Å². The molecule has 0 saturated heterocycles. The number of nitrogens with zero attached hydrogens (tertiary/aromatic N) is 1. The molecule has 0 amide bonds. The van der Waals surface area contributed by atoms with Crippen LogP contribution in [0.15, 0.2) is 30.6 Å². The highest BCUT2D eigenvalue weighted by Gasteiger charge is 2.08. The van der Waals surface area contributed by atoms with E-state index in [2.05, 4.69) is 4.98 Å². The molecule has 1 rings (SSSR count). The summed E-state index contributed by atoms with van der Waals surface area (Å²) in [5.41, 5.74) is 0.934. The molecule has 3 heteroatoms. The van der Waals surface area contributed by atoms with E-state index in [1.165, 1.54) is 6.08 Å². The summed E-state index contributed by atoms with van der Waals surface area (Å²) in [5, 5.41) is 0. The molecule has 1 aromatic heterocycles. The summed E-state index contributed by atoms with van der Waals surface area (Å²) in [6, 6.07) is 3.64. The highest BCUT2D eigenvalue weighted by atomic mass is 16.1. The molecule has 17 heavy (non-hydrogen) atoms. The number of allylic oxidation sites excluding steroid dienone is 1. The first kappa shape index (κ1) is 13.3. The lowest BCUT2D eigenvalue weighted by molar-refractivity contribution is -0.124. The fraction of sp³-hybridized carbons (Fsp3) is 0.357. The molecule has 0 radical (unpaired) electrons. The third kappa shape index (κ3) is 5.20. The van der Waals surface area contributed by atoms with Gasteiger partial charge in [-0.15, -0.1) is 0 Å². The van der Waals surface area contributed by atoms with Gasteiger partial charge in [0.15, 0.2) is 5.78 Å². The van der Waals surface area contributed by atoms with Gasteiger partial charge in [0, 0.05) is 31.2 Å². The van der Waals surface area contributed by atoms with E-state index in [4.69, 9.17) is 0 Å². The van der Waals surface area contributed by atoms with Gasteiger partial charge >= 0.3 is 0 Å². The van der Waals surface area contributed by atoms with Crippen LogP contribution in [-0.4, -0.2) is 16.6 Å². The predicted molar refractivity (Wildman–Crippen MR) is 67.4 cm³/mol. The van der Waals surface area contributed by atoms with Crippen molar-refractivity contribution in [2.45, 2.75) is 26.7 Å². The normalized spacial score (nSPS) is 11.0. The predicted octanol–water partition coefficient (Wildman–Crippen LogP) is 2.67. The minimum absolute atomic E-state index is 0.00646. The Morgan fingerprint density at radius 2 is 1.88 bits per heavy atom. The van der Waals surface area contributed by atoms with Crippen LogP contribution < -0.4 is 0 Å². The SMILES string of the molecule is CC(C)C(=O)CCC(=O)/C=C/c1ccncc1. The highest BCUT2D eigenvalue weighted by Crippen LogP contribution is 2.04.